The van der Waals surface area contributed by atoms with E-state index in [1.165, 1.54) is 10.9 Å². The van der Waals surface area contributed by atoms with Crippen molar-refractivity contribution in [2.24, 2.45) is 21.8 Å². The number of nitrogens with one attached hydrogen (secondary N) is 1. The SMILES string of the molecule is CC(C)C1N=C2SC=C(CSC3=NCC(C)(C)N3)N2C1C(C)C.Cl.Cl. The maximum Gasteiger partial charge on any atom is 0.168 e. The van der Waals surface area contributed by atoms with Gasteiger partial charge in [-0.25, -0.2) is 0 Å². The summed E-state index contributed by atoms with van der Waals surface area (Å²) in [7, 11) is 0. The van der Waals surface area contributed by atoms with Crippen LogP contribution in [0.15, 0.2) is 21.1 Å². The van der Waals surface area contributed by atoms with Crippen molar-refractivity contribution >= 4 is 58.7 Å². The fourth-order valence-electron chi connectivity index (χ4n) is 3.33. The molecule has 0 aliphatic carbocycles. The van der Waals surface area contributed by atoms with E-state index >= 15 is 0 Å². The van der Waals surface area contributed by atoms with Crippen LogP contribution in [0.1, 0.15) is 41.5 Å². The summed E-state index contributed by atoms with van der Waals surface area (Å²) in [6.45, 7) is 14.5. The van der Waals surface area contributed by atoms with E-state index in [2.05, 4.69) is 62.2 Å². The minimum absolute atomic E-state index is 0. The van der Waals surface area contributed by atoms with Gasteiger partial charge in [-0.2, -0.15) is 0 Å². The lowest BCUT2D eigenvalue weighted by molar-refractivity contribution is 0.251. The Morgan fingerprint density at radius 3 is 2.48 bits per heavy atom. The summed E-state index contributed by atoms with van der Waals surface area (Å²) in [6.07, 6.45) is 0. The Bertz CT molecular complexity index is 573. The van der Waals surface area contributed by atoms with Crippen molar-refractivity contribution in [1.29, 1.82) is 0 Å². The average Bonchev–Trinajstić information content (AvgIpc) is 3.09. The Kier molecular flexibility index (Phi) is 8.06. The molecule has 0 bridgehead atoms. The van der Waals surface area contributed by atoms with Crippen molar-refractivity contribution < 1.29 is 0 Å². The summed E-state index contributed by atoms with van der Waals surface area (Å²) in [5.74, 6) is 2.13. The fourth-order valence-corrected chi connectivity index (χ4v) is 5.42. The Hall–Kier alpha value is -0.0400. The van der Waals surface area contributed by atoms with Crippen molar-refractivity contribution in [2.45, 2.75) is 59.2 Å². The highest BCUT2D eigenvalue weighted by Gasteiger charge is 2.43. The summed E-state index contributed by atoms with van der Waals surface area (Å²) in [5.41, 5.74) is 1.49. The molecule has 4 nitrogen and oxygen atoms in total. The van der Waals surface area contributed by atoms with E-state index in [0.717, 1.165) is 17.5 Å². The molecule has 0 spiro atoms. The number of hydrogen-bond donors (Lipinski definition) is 1. The molecule has 1 N–H and O–H groups in total. The molecule has 144 valence electrons. The van der Waals surface area contributed by atoms with Gasteiger partial charge in [0.25, 0.3) is 0 Å². The normalized spacial score (nSPS) is 26.6. The van der Waals surface area contributed by atoms with Crippen LogP contribution in [0.4, 0.5) is 0 Å². The number of aliphatic imine (C=N–C) groups is 2. The number of rotatable bonds is 4. The molecule has 0 amide bonds. The lowest BCUT2D eigenvalue weighted by atomic mass is 9.89. The first-order chi connectivity index (χ1) is 10.8. The van der Waals surface area contributed by atoms with Crippen molar-refractivity contribution in [3.05, 3.63) is 11.1 Å². The summed E-state index contributed by atoms with van der Waals surface area (Å²) >= 11 is 3.60. The van der Waals surface area contributed by atoms with Gasteiger partial charge in [0.15, 0.2) is 10.3 Å². The second-order valence-corrected chi connectivity index (χ2v) is 9.70. The molecule has 0 aromatic rings. The molecule has 3 heterocycles. The number of hydrogen-bond acceptors (Lipinski definition) is 6. The average molecular weight is 425 g/mol. The first-order valence-corrected chi connectivity index (χ1v) is 10.3. The third-order valence-electron chi connectivity index (χ3n) is 4.51. The third kappa shape index (κ3) is 4.82. The van der Waals surface area contributed by atoms with E-state index in [1.54, 1.807) is 11.8 Å². The third-order valence-corrected chi connectivity index (χ3v) is 6.36. The summed E-state index contributed by atoms with van der Waals surface area (Å²) in [6, 6.07) is 0.897. The molecule has 0 fully saturated rings. The van der Waals surface area contributed by atoms with E-state index in [9.17, 15) is 0 Å². The zero-order valence-electron chi connectivity index (χ0n) is 15.8. The zero-order valence-corrected chi connectivity index (χ0v) is 19.0. The van der Waals surface area contributed by atoms with E-state index < -0.39 is 0 Å². The molecule has 0 aromatic heterocycles. The van der Waals surface area contributed by atoms with Gasteiger partial charge < -0.3 is 10.2 Å². The number of amidine groups is 2. The molecule has 3 rings (SSSR count). The molecule has 3 aliphatic heterocycles. The number of nitrogens with zero attached hydrogens (tertiary/aromatic N) is 3. The highest BCUT2D eigenvalue weighted by molar-refractivity contribution is 8.17. The Labute approximate surface area is 173 Å². The lowest BCUT2D eigenvalue weighted by Gasteiger charge is -2.33. The first kappa shape index (κ1) is 23.0. The van der Waals surface area contributed by atoms with E-state index in [1.807, 2.05) is 11.8 Å². The molecule has 25 heavy (non-hydrogen) atoms. The fraction of sp³-hybridized carbons (Fsp3) is 0.765. The second kappa shape index (κ2) is 8.77. The highest BCUT2D eigenvalue weighted by atomic mass is 35.5. The van der Waals surface area contributed by atoms with Gasteiger partial charge in [-0.15, -0.1) is 24.8 Å². The van der Waals surface area contributed by atoms with Crippen LogP contribution in [0.25, 0.3) is 0 Å². The van der Waals surface area contributed by atoms with E-state index in [4.69, 9.17) is 4.99 Å². The minimum Gasteiger partial charge on any atom is -0.358 e. The van der Waals surface area contributed by atoms with Gasteiger partial charge in [-0.1, -0.05) is 51.2 Å². The maximum absolute atomic E-state index is 5.00. The minimum atomic E-state index is 0. The van der Waals surface area contributed by atoms with Crippen LogP contribution in [0.2, 0.25) is 0 Å². The van der Waals surface area contributed by atoms with Crippen LogP contribution in [-0.2, 0) is 0 Å². The van der Waals surface area contributed by atoms with Crippen LogP contribution in [0.5, 0.6) is 0 Å². The van der Waals surface area contributed by atoms with Crippen LogP contribution in [0.3, 0.4) is 0 Å². The van der Waals surface area contributed by atoms with E-state index in [0.29, 0.717) is 23.9 Å². The summed E-state index contributed by atoms with van der Waals surface area (Å²) in [5, 5.41) is 8.05. The quantitative estimate of drug-likeness (QED) is 0.714. The summed E-state index contributed by atoms with van der Waals surface area (Å²) in [4.78, 5) is 12.1. The number of fused-ring (bicyclic) bond motifs is 1. The van der Waals surface area contributed by atoms with Crippen LogP contribution < -0.4 is 5.32 Å². The molecule has 0 saturated heterocycles. The Morgan fingerprint density at radius 2 is 1.96 bits per heavy atom. The van der Waals surface area contributed by atoms with Gasteiger partial charge in [-0.3, -0.25) is 9.98 Å². The molecule has 2 atom stereocenters. The van der Waals surface area contributed by atoms with Gasteiger partial charge in [0.1, 0.15) is 0 Å². The maximum atomic E-state index is 5.00. The molecule has 0 aromatic carbocycles. The molecule has 3 aliphatic rings. The molecular weight excluding hydrogens is 395 g/mol. The number of thioether (sulfide) groups is 2. The van der Waals surface area contributed by atoms with Gasteiger partial charge in [-0.05, 0) is 31.1 Å². The van der Waals surface area contributed by atoms with Gasteiger partial charge in [0, 0.05) is 11.4 Å². The van der Waals surface area contributed by atoms with Crippen LogP contribution >= 0.6 is 48.3 Å². The predicted molar refractivity (Wildman–Crippen MR) is 119 cm³/mol. The molecular formula is C17H30Cl2N4S2. The van der Waals surface area contributed by atoms with E-state index in [-0.39, 0.29) is 30.4 Å². The van der Waals surface area contributed by atoms with Gasteiger partial charge >= 0.3 is 0 Å². The standard InChI is InChI=1S/C17H28N4S2.2ClH/c1-10(2)13-14(11(3)4)21-12(8-23-16(21)19-13)7-22-15-18-9-17(5,6)20-15;;/h8,10-11,13-14H,7,9H2,1-6H3,(H,18,20);2*1H. The molecule has 0 saturated carbocycles. The molecule has 2 unspecified atom stereocenters. The van der Waals surface area contributed by atoms with Crippen molar-refractivity contribution in [3.63, 3.8) is 0 Å². The van der Waals surface area contributed by atoms with Crippen LogP contribution in [0, 0.1) is 11.8 Å². The molecule has 0 radical (unpaired) electrons. The van der Waals surface area contributed by atoms with Gasteiger partial charge in [0.05, 0.1) is 24.2 Å². The topological polar surface area (TPSA) is 40.0 Å². The lowest BCUT2D eigenvalue weighted by Crippen LogP contribution is -2.43. The molecule has 8 heteroatoms. The van der Waals surface area contributed by atoms with Gasteiger partial charge in [0.2, 0.25) is 0 Å². The Balaban J connectivity index is 0.00000156. The predicted octanol–water partition coefficient (Wildman–Crippen LogP) is 4.61. The highest BCUT2D eigenvalue weighted by Crippen LogP contribution is 2.41. The van der Waals surface area contributed by atoms with Crippen molar-refractivity contribution in [3.8, 4) is 0 Å². The second-order valence-electron chi connectivity index (χ2n) is 7.90. The summed E-state index contributed by atoms with van der Waals surface area (Å²) < 4.78 is 0. The largest absolute Gasteiger partial charge is 0.358 e. The van der Waals surface area contributed by atoms with Crippen molar-refractivity contribution in [1.82, 2.24) is 10.2 Å². The zero-order chi connectivity index (χ0) is 16.8. The first-order valence-electron chi connectivity index (χ1n) is 8.46. The Morgan fingerprint density at radius 1 is 1.28 bits per heavy atom. The van der Waals surface area contributed by atoms with Crippen LogP contribution in [-0.4, -0.2) is 45.2 Å². The van der Waals surface area contributed by atoms with Crippen molar-refractivity contribution in [2.75, 3.05) is 12.3 Å². The monoisotopic (exact) mass is 424 g/mol. The smallest absolute Gasteiger partial charge is 0.168 e. The number of halogens is 2.